The smallest absolute Gasteiger partial charge is 0.220 e. The zero-order valence-corrected chi connectivity index (χ0v) is 14.5. The summed E-state index contributed by atoms with van der Waals surface area (Å²) in [6.45, 7) is 0.831. The van der Waals surface area contributed by atoms with Gasteiger partial charge in [0, 0.05) is 36.6 Å². The summed E-state index contributed by atoms with van der Waals surface area (Å²) in [5.74, 6) is 0.523. The maximum atomic E-state index is 12.1. The first kappa shape index (κ1) is 17.6. The summed E-state index contributed by atoms with van der Waals surface area (Å²) in [4.78, 5) is 20.6. The second-order valence-electron chi connectivity index (χ2n) is 5.84. The van der Waals surface area contributed by atoms with Crippen LogP contribution >= 0.6 is 0 Å². The van der Waals surface area contributed by atoms with Crippen molar-refractivity contribution in [2.24, 2.45) is 0 Å². The van der Waals surface area contributed by atoms with Crippen LogP contribution < -0.4 is 10.1 Å². The van der Waals surface area contributed by atoms with E-state index in [1.165, 1.54) is 0 Å². The van der Waals surface area contributed by atoms with Crippen molar-refractivity contribution in [1.82, 2.24) is 15.3 Å². The Balaban J connectivity index is 1.50. The molecule has 2 aromatic heterocycles. The molecule has 26 heavy (non-hydrogen) atoms. The summed E-state index contributed by atoms with van der Waals surface area (Å²) in [6.07, 6.45) is 4.44. The molecule has 0 spiro atoms. The molecule has 0 bridgehead atoms. The maximum absolute atomic E-state index is 12.1. The molecule has 3 aromatic rings. The minimum Gasteiger partial charge on any atom is -0.473 e. The molecule has 0 saturated heterocycles. The van der Waals surface area contributed by atoms with E-state index in [2.05, 4.69) is 15.3 Å². The lowest BCUT2D eigenvalue weighted by Gasteiger charge is -2.11. The highest BCUT2D eigenvalue weighted by molar-refractivity contribution is 5.76. The van der Waals surface area contributed by atoms with Crippen LogP contribution in [0.25, 0.3) is 0 Å². The third-order valence-corrected chi connectivity index (χ3v) is 3.88. The number of nitrogens with one attached hydrogen (secondary N) is 1. The van der Waals surface area contributed by atoms with E-state index in [1.54, 1.807) is 12.4 Å². The molecule has 2 heterocycles. The molecule has 3 rings (SSSR count). The fraction of sp³-hybridized carbons (Fsp3) is 0.190. The molecule has 1 aromatic carbocycles. The molecule has 0 aliphatic carbocycles. The summed E-state index contributed by atoms with van der Waals surface area (Å²) in [6, 6.07) is 19.4. The number of amides is 1. The van der Waals surface area contributed by atoms with Crippen LogP contribution in [-0.4, -0.2) is 15.9 Å². The number of carbonyl (C=O) groups excluding carboxylic acids is 1. The Bertz CT molecular complexity index is 823. The molecule has 0 fully saturated rings. The van der Waals surface area contributed by atoms with Crippen molar-refractivity contribution in [3.05, 3.63) is 89.9 Å². The fourth-order valence-corrected chi connectivity index (χ4v) is 2.48. The molecule has 1 N–H and O–H groups in total. The Morgan fingerprint density at radius 2 is 1.73 bits per heavy atom. The third kappa shape index (κ3) is 5.41. The van der Waals surface area contributed by atoms with Gasteiger partial charge in [0.15, 0.2) is 0 Å². The van der Waals surface area contributed by atoms with Crippen LogP contribution in [0, 0.1) is 0 Å². The minimum atomic E-state index is -0.0199. The quantitative estimate of drug-likeness (QED) is 0.679. The van der Waals surface area contributed by atoms with Crippen LogP contribution in [0.3, 0.4) is 0 Å². The topological polar surface area (TPSA) is 64.1 Å². The Labute approximate surface area is 153 Å². The lowest BCUT2D eigenvalue weighted by atomic mass is 10.2. The van der Waals surface area contributed by atoms with Gasteiger partial charge in [-0.25, -0.2) is 4.98 Å². The highest BCUT2D eigenvalue weighted by atomic mass is 16.5. The molecule has 0 aliphatic rings. The number of ether oxygens (including phenoxy) is 1. The molecule has 0 saturated carbocycles. The van der Waals surface area contributed by atoms with Gasteiger partial charge in [0.25, 0.3) is 0 Å². The second kappa shape index (κ2) is 9.32. The number of hydrogen-bond donors (Lipinski definition) is 1. The molecule has 0 aliphatic heterocycles. The summed E-state index contributed by atoms with van der Waals surface area (Å²) in [5, 5.41) is 2.92. The van der Waals surface area contributed by atoms with Crippen molar-refractivity contribution in [1.29, 1.82) is 0 Å². The normalized spacial score (nSPS) is 10.3. The first-order valence-corrected chi connectivity index (χ1v) is 8.58. The summed E-state index contributed by atoms with van der Waals surface area (Å²) >= 11 is 0. The van der Waals surface area contributed by atoms with Crippen LogP contribution in [0.15, 0.2) is 73.1 Å². The Kier molecular flexibility index (Phi) is 6.31. The number of aryl methyl sites for hydroxylation is 1. The van der Waals surface area contributed by atoms with Gasteiger partial charge in [-0.15, -0.1) is 0 Å². The average molecular weight is 347 g/mol. The fourth-order valence-electron chi connectivity index (χ4n) is 2.48. The standard InChI is InChI=1S/C21H21N3O2/c25-20(12-11-19-10-4-5-13-22-19)24-15-18-9-6-14-23-21(18)26-16-17-7-2-1-3-8-17/h1-10,13-14H,11-12,15-16H2,(H,24,25). The number of hydrogen-bond acceptors (Lipinski definition) is 4. The second-order valence-corrected chi connectivity index (χ2v) is 5.84. The number of pyridine rings is 2. The number of carbonyl (C=O) groups is 1. The van der Waals surface area contributed by atoms with E-state index in [0.29, 0.717) is 31.9 Å². The molecule has 0 unspecified atom stereocenters. The molecule has 0 atom stereocenters. The molecule has 132 valence electrons. The van der Waals surface area contributed by atoms with Gasteiger partial charge in [-0.05, 0) is 30.2 Å². The van der Waals surface area contributed by atoms with Crippen molar-refractivity contribution in [2.75, 3.05) is 0 Å². The van der Waals surface area contributed by atoms with Crippen LogP contribution in [-0.2, 0) is 24.4 Å². The molecule has 5 heteroatoms. The molecule has 5 nitrogen and oxygen atoms in total. The zero-order chi connectivity index (χ0) is 18.0. The molecular formula is C21H21N3O2. The number of aromatic nitrogens is 2. The summed E-state index contributed by atoms with van der Waals surface area (Å²) < 4.78 is 5.81. The lowest BCUT2D eigenvalue weighted by molar-refractivity contribution is -0.121. The van der Waals surface area contributed by atoms with Crippen LogP contribution in [0.4, 0.5) is 0 Å². The summed E-state index contributed by atoms with van der Waals surface area (Å²) in [7, 11) is 0. The Hall–Kier alpha value is -3.21. The highest BCUT2D eigenvalue weighted by Crippen LogP contribution is 2.16. The van der Waals surface area contributed by atoms with Gasteiger partial charge in [-0.1, -0.05) is 42.5 Å². The monoisotopic (exact) mass is 347 g/mol. The van der Waals surface area contributed by atoms with E-state index < -0.39 is 0 Å². The van der Waals surface area contributed by atoms with Crippen LogP contribution in [0.2, 0.25) is 0 Å². The predicted molar refractivity (Wildman–Crippen MR) is 99.4 cm³/mol. The van der Waals surface area contributed by atoms with Crippen molar-refractivity contribution in [2.45, 2.75) is 26.0 Å². The van der Waals surface area contributed by atoms with E-state index in [9.17, 15) is 4.79 Å². The van der Waals surface area contributed by atoms with E-state index in [4.69, 9.17) is 4.74 Å². The Morgan fingerprint density at radius 3 is 2.54 bits per heavy atom. The van der Waals surface area contributed by atoms with Crippen LogP contribution in [0.5, 0.6) is 5.88 Å². The third-order valence-electron chi connectivity index (χ3n) is 3.88. The Morgan fingerprint density at radius 1 is 0.923 bits per heavy atom. The van der Waals surface area contributed by atoms with Gasteiger partial charge in [0.2, 0.25) is 11.8 Å². The van der Waals surface area contributed by atoms with E-state index in [1.807, 2.05) is 60.7 Å². The zero-order valence-electron chi connectivity index (χ0n) is 14.5. The van der Waals surface area contributed by atoms with Gasteiger partial charge < -0.3 is 10.1 Å². The minimum absolute atomic E-state index is 0.0199. The van der Waals surface area contributed by atoms with Crippen molar-refractivity contribution in [3.8, 4) is 5.88 Å². The van der Waals surface area contributed by atoms with Crippen molar-refractivity contribution in [3.63, 3.8) is 0 Å². The van der Waals surface area contributed by atoms with Gasteiger partial charge in [-0.2, -0.15) is 0 Å². The first-order chi connectivity index (χ1) is 12.8. The van der Waals surface area contributed by atoms with Gasteiger partial charge in [0.1, 0.15) is 6.61 Å². The van der Waals surface area contributed by atoms with Crippen molar-refractivity contribution < 1.29 is 9.53 Å². The first-order valence-electron chi connectivity index (χ1n) is 8.58. The van der Waals surface area contributed by atoms with E-state index in [-0.39, 0.29) is 5.91 Å². The largest absolute Gasteiger partial charge is 0.473 e. The predicted octanol–water partition coefficient (Wildman–Crippen LogP) is 3.30. The van der Waals surface area contributed by atoms with E-state index in [0.717, 1.165) is 16.8 Å². The van der Waals surface area contributed by atoms with Gasteiger partial charge in [-0.3, -0.25) is 9.78 Å². The average Bonchev–Trinajstić information content (AvgIpc) is 2.71. The SMILES string of the molecule is O=C(CCc1ccccn1)NCc1cccnc1OCc1ccccc1. The number of benzene rings is 1. The molecule has 0 radical (unpaired) electrons. The van der Waals surface area contributed by atoms with Gasteiger partial charge in [0.05, 0.1) is 0 Å². The number of nitrogens with zero attached hydrogens (tertiary/aromatic N) is 2. The van der Waals surface area contributed by atoms with E-state index >= 15 is 0 Å². The highest BCUT2D eigenvalue weighted by Gasteiger charge is 2.08. The van der Waals surface area contributed by atoms with Crippen molar-refractivity contribution >= 4 is 5.91 Å². The number of rotatable bonds is 8. The van der Waals surface area contributed by atoms with Gasteiger partial charge >= 0.3 is 0 Å². The van der Waals surface area contributed by atoms with Crippen LogP contribution in [0.1, 0.15) is 23.2 Å². The molecular weight excluding hydrogens is 326 g/mol. The maximum Gasteiger partial charge on any atom is 0.220 e. The lowest BCUT2D eigenvalue weighted by Crippen LogP contribution is -2.23. The molecule has 1 amide bonds. The summed E-state index contributed by atoms with van der Waals surface area (Å²) in [5.41, 5.74) is 2.84.